The highest BCUT2D eigenvalue weighted by molar-refractivity contribution is 6.30. The highest BCUT2D eigenvalue weighted by Crippen LogP contribution is 2.35. The first-order chi connectivity index (χ1) is 11.2. The van der Waals surface area contributed by atoms with Crippen LogP contribution < -0.4 is 0 Å². The summed E-state index contributed by atoms with van der Waals surface area (Å²) in [6, 6.07) is 4.46. The van der Waals surface area contributed by atoms with Crippen LogP contribution in [0.1, 0.15) is 31.0 Å². The molecule has 0 amide bonds. The molecule has 3 aromatic rings. The van der Waals surface area contributed by atoms with Gasteiger partial charge in [0.05, 0.1) is 11.9 Å². The average molecular weight is 358 g/mol. The quantitative estimate of drug-likeness (QED) is 0.580. The third-order valence-corrected chi connectivity index (χ3v) is 3.99. The van der Waals surface area contributed by atoms with Crippen molar-refractivity contribution in [2.24, 2.45) is 0 Å². The second-order valence-electron chi connectivity index (χ2n) is 5.64. The molecule has 0 aliphatic rings. The van der Waals surface area contributed by atoms with Crippen LogP contribution in [0.5, 0.6) is 0 Å². The molecule has 0 radical (unpaired) electrons. The molecule has 3 rings (SSSR count). The van der Waals surface area contributed by atoms with Gasteiger partial charge in [0.2, 0.25) is 0 Å². The van der Waals surface area contributed by atoms with Crippen molar-refractivity contribution in [2.45, 2.75) is 25.9 Å². The third kappa shape index (κ3) is 2.84. The normalized spacial score (nSPS) is 12.3. The molecule has 126 valence electrons. The molecule has 0 fully saturated rings. The third-order valence-electron chi connectivity index (χ3n) is 3.63. The molecule has 24 heavy (non-hydrogen) atoms. The maximum absolute atomic E-state index is 13.8. The molecule has 2 heterocycles. The summed E-state index contributed by atoms with van der Waals surface area (Å²) in [7, 11) is 0. The van der Waals surface area contributed by atoms with Gasteiger partial charge in [-0.3, -0.25) is 9.38 Å². The lowest BCUT2D eigenvalue weighted by Gasteiger charge is -2.10. The first-order valence-corrected chi connectivity index (χ1v) is 7.47. The zero-order valence-corrected chi connectivity index (χ0v) is 13.5. The number of hydrogen-bond acceptors (Lipinski definition) is 2. The van der Waals surface area contributed by atoms with Crippen LogP contribution in [0.2, 0.25) is 5.15 Å². The Balaban J connectivity index is 2.15. The van der Waals surface area contributed by atoms with Gasteiger partial charge >= 0.3 is 6.18 Å². The highest BCUT2D eigenvalue weighted by atomic mass is 35.5. The van der Waals surface area contributed by atoms with Crippen LogP contribution >= 0.6 is 11.6 Å². The number of imidazole rings is 1. The summed E-state index contributed by atoms with van der Waals surface area (Å²) in [6.45, 7) is 3.70. The van der Waals surface area contributed by atoms with Gasteiger partial charge < -0.3 is 0 Å². The number of benzene rings is 1. The van der Waals surface area contributed by atoms with Gasteiger partial charge in [-0.05, 0) is 29.7 Å². The van der Waals surface area contributed by atoms with Crippen molar-refractivity contribution >= 4 is 17.2 Å². The van der Waals surface area contributed by atoms with Crippen molar-refractivity contribution in [3.63, 3.8) is 0 Å². The van der Waals surface area contributed by atoms with Crippen molar-refractivity contribution in [3.05, 3.63) is 52.8 Å². The van der Waals surface area contributed by atoms with Gasteiger partial charge in [0.1, 0.15) is 11.0 Å². The number of halogens is 5. The van der Waals surface area contributed by atoms with E-state index in [2.05, 4.69) is 9.97 Å². The molecule has 0 saturated carbocycles. The molecular weight excluding hydrogens is 346 g/mol. The van der Waals surface area contributed by atoms with Crippen molar-refractivity contribution in [2.75, 3.05) is 0 Å². The number of alkyl halides is 3. The fraction of sp³-hybridized carbons (Fsp3) is 0.250. The minimum atomic E-state index is -4.65. The lowest BCUT2D eigenvalue weighted by atomic mass is 9.99. The zero-order chi connectivity index (χ0) is 17.6. The highest BCUT2D eigenvalue weighted by Gasteiger charge is 2.37. The van der Waals surface area contributed by atoms with Crippen LogP contribution in [-0.2, 0) is 6.18 Å². The van der Waals surface area contributed by atoms with Crippen molar-refractivity contribution < 1.29 is 17.6 Å². The molecule has 0 spiro atoms. The minimum absolute atomic E-state index is 0.0118. The molecule has 1 aromatic carbocycles. The van der Waals surface area contributed by atoms with E-state index < -0.39 is 17.0 Å². The first-order valence-electron chi connectivity index (χ1n) is 7.09. The van der Waals surface area contributed by atoms with Gasteiger partial charge in [-0.25, -0.2) is 9.37 Å². The molecule has 0 atom stereocenters. The largest absolute Gasteiger partial charge is 0.436 e. The zero-order valence-electron chi connectivity index (χ0n) is 12.7. The number of fused-ring (bicyclic) bond motifs is 1. The summed E-state index contributed by atoms with van der Waals surface area (Å²) in [6.07, 6.45) is -2.09. The number of rotatable bonds is 2. The van der Waals surface area contributed by atoms with Gasteiger partial charge in [-0.15, -0.1) is 0 Å². The van der Waals surface area contributed by atoms with Crippen molar-refractivity contribution in [1.82, 2.24) is 14.4 Å². The van der Waals surface area contributed by atoms with Crippen molar-refractivity contribution in [1.29, 1.82) is 0 Å². The Morgan fingerprint density at radius 2 is 1.92 bits per heavy atom. The second kappa shape index (κ2) is 5.73. The summed E-state index contributed by atoms with van der Waals surface area (Å²) in [4.78, 5) is 7.57. The molecule has 8 heteroatoms. The van der Waals surface area contributed by atoms with Crippen LogP contribution in [0.3, 0.4) is 0 Å². The summed E-state index contributed by atoms with van der Waals surface area (Å²) < 4.78 is 53.5. The standard InChI is InChI=1S/C16H12ClF4N3/c1-8(2)10-5-9(3-4-11(10)18)12-7-24-13(6-22-12)23-14(15(24)17)16(19,20)21/h3-8H,1-2H3. The Morgan fingerprint density at radius 3 is 2.54 bits per heavy atom. The smallest absolute Gasteiger partial charge is 0.287 e. The summed E-state index contributed by atoms with van der Waals surface area (Å²) in [5, 5.41) is -0.535. The maximum Gasteiger partial charge on any atom is 0.436 e. The topological polar surface area (TPSA) is 30.2 Å². The summed E-state index contributed by atoms with van der Waals surface area (Å²) in [5.74, 6) is -0.378. The molecule has 0 unspecified atom stereocenters. The minimum Gasteiger partial charge on any atom is -0.287 e. The van der Waals surface area contributed by atoms with E-state index in [-0.39, 0.29) is 17.4 Å². The number of nitrogens with zero attached hydrogens (tertiary/aromatic N) is 3. The Bertz CT molecular complexity index is 916. The monoisotopic (exact) mass is 357 g/mol. The van der Waals surface area contributed by atoms with E-state index in [4.69, 9.17) is 11.6 Å². The Labute approximate surface area is 139 Å². The summed E-state index contributed by atoms with van der Waals surface area (Å²) >= 11 is 5.80. The predicted molar refractivity (Wildman–Crippen MR) is 82.5 cm³/mol. The fourth-order valence-corrected chi connectivity index (χ4v) is 2.69. The average Bonchev–Trinajstić information content (AvgIpc) is 2.84. The van der Waals surface area contributed by atoms with E-state index in [1.165, 1.54) is 24.5 Å². The van der Waals surface area contributed by atoms with Crippen LogP contribution in [-0.4, -0.2) is 14.4 Å². The van der Waals surface area contributed by atoms with Gasteiger partial charge in [0, 0.05) is 11.8 Å². The molecular formula is C16H12ClF4N3. The first kappa shape index (κ1) is 16.7. The number of hydrogen-bond donors (Lipinski definition) is 0. The fourth-order valence-electron chi connectivity index (χ4n) is 2.40. The number of aromatic nitrogens is 3. The van der Waals surface area contributed by atoms with Gasteiger partial charge in [0.25, 0.3) is 0 Å². The molecule has 0 aliphatic carbocycles. The molecule has 0 saturated heterocycles. The lowest BCUT2D eigenvalue weighted by Crippen LogP contribution is -2.06. The van der Waals surface area contributed by atoms with Crippen molar-refractivity contribution in [3.8, 4) is 11.3 Å². The van der Waals surface area contributed by atoms with E-state index in [0.29, 0.717) is 16.8 Å². The Hall–Kier alpha value is -2.15. The van der Waals surface area contributed by atoms with Gasteiger partial charge in [-0.1, -0.05) is 25.4 Å². The predicted octanol–water partition coefficient (Wildman–Crippen LogP) is 5.33. The Kier molecular flexibility index (Phi) is 3.99. The Morgan fingerprint density at radius 1 is 1.21 bits per heavy atom. The second-order valence-corrected chi connectivity index (χ2v) is 6.00. The van der Waals surface area contributed by atoms with Crippen LogP contribution in [0, 0.1) is 5.82 Å². The SMILES string of the molecule is CC(C)c1cc(-c2cn3c(Cl)c(C(F)(F)F)nc3cn2)ccc1F. The molecule has 0 aliphatic heterocycles. The van der Waals surface area contributed by atoms with Gasteiger partial charge in [0.15, 0.2) is 11.3 Å². The van der Waals surface area contributed by atoms with Crippen LogP contribution in [0.15, 0.2) is 30.6 Å². The van der Waals surface area contributed by atoms with Crippen LogP contribution in [0.4, 0.5) is 17.6 Å². The van der Waals surface area contributed by atoms with Crippen LogP contribution in [0.25, 0.3) is 16.9 Å². The molecule has 3 nitrogen and oxygen atoms in total. The molecule has 0 bridgehead atoms. The van der Waals surface area contributed by atoms with E-state index in [1.54, 1.807) is 6.07 Å². The molecule has 2 aromatic heterocycles. The summed E-state index contributed by atoms with van der Waals surface area (Å²) in [5.41, 5.74) is 0.284. The molecule has 0 N–H and O–H groups in total. The van der Waals surface area contributed by atoms with Gasteiger partial charge in [-0.2, -0.15) is 13.2 Å². The van der Waals surface area contributed by atoms with E-state index in [0.717, 1.165) is 4.40 Å². The van der Waals surface area contributed by atoms with E-state index in [9.17, 15) is 17.6 Å². The van der Waals surface area contributed by atoms with E-state index >= 15 is 0 Å². The lowest BCUT2D eigenvalue weighted by molar-refractivity contribution is -0.140. The van der Waals surface area contributed by atoms with E-state index in [1.807, 2.05) is 13.8 Å². The maximum atomic E-state index is 13.8.